The molecular weight excluding hydrogens is 442 g/mol. The van der Waals surface area contributed by atoms with Crippen LogP contribution in [-0.2, 0) is 4.79 Å². The third-order valence-electron chi connectivity index (χ3n) is 4.78. The molecule has 1 aromatic heterocycles. The van der Waals surface area contributed by atoms with Gasteiger partial charge in [-0.1, -0.05) is 41.6 Å². The minimum absolute atomic E-state index is 0.357. The molecule has 1 heterocycles. The summed E-state index contributed by atoms with van der Waals surface area (Å²) in [5.41, 5.74) is 4.96. The van der Waals surface area contributed by atoms with Gasteiger partial charge < -0.3 is 9.84 Å². The zero-order valence-electron chi connectivity index (χ0n) is 17.3. The van der Waals surface area contributed by atoms with Crippen molar-refractivity contribution in [1.29, 1.82) is 0 Å². The van der Waals surface area contributed by atoms with Crippen LogP contribution >= 0.6 is 23.4 Å². The summed E-state index contributed by atoms with van der Waals surface area (Å²) >= 11 is 7.71. The predicted octanol–water partition coefficient (Wildman–Crippen LogP) is 6.99. The van der Waals surface area contributed by atoms with E-state index < -0.39 is 5.97 Å². The largest absolute Gasteiger partial charge is 0.482 e. The Kier molecular flexibility index (Phi) is 6.78. The fourth-order valence-electron chi connectivity index (χ4n) is 3.27. The molecule has 0 radical (unpaired) electrons. The van der Waals surface area contributed by atoms with Gasteiger partial charge in [-0.25, -0.2) is 4.79 Å². The molecule has 0 fully saturated rings. The Morgan fingerprint density at radius 2 is 1.72 bits per heavy atom. The highest BCUT2D eigenvalue weighted by atomic mass is 35.5. The van der Waals surface area contributed by atoms with Gasteiger partial charge in [-0.05, 0) is 84.3 Å². The summed E-state index contributed by atoms with van der Waals surface area (Å²) in [6, 6.07) is 25.8. The Labute approximate surface area is 195 Å². The number of aliphatic carboxylic acids is 1. The molecule has 0 bridgehead atoms. The average molecular weight is 462 g/mol. The van der Waals surface area contributed by atoms with Crippen molar-refractivity contribution < 1.29 is 14.6 Å². The average Bonchev–Trinajstić information content (AvgIpc) is 2.79. The van der Waals surface area contributed by atoms with Gasteiger partial charge >= 0.3 is 5.97 Å². The van der Waals surface area contributed by atoms with Crippen LogP contribution in [0.5, 0.6) is 5.75 Å². The minimum atomic E-state index is -0.996. The van der Waals surface area contributed by atoms with E-state index in [9.17, 15) is 4.79 Å². The first-order chi connectivity index (χ1) is 15.5. The Hall–Kier alpha value is -3.28. The number of benzene rings is 3. The first-order valence-electron chi connectivity index (χ1n) is 9.93. The Morgan fingerprint density at radius 1 is 0.938 bits per heavy atom. The zero-order valence-corrected chi connectivity index (χ0v) is 18.9. The van der Waals surface area contributed by atoms with Crippen LogP contribution in [0.2, 0.25) is 5.02 Å². The van der Waals surface area contributed by atoms with Gasteiger partial charge in [-0.3, -0.25) is 4.98 Å². The maximum Gasteiger partial charge on any atom is 0.341 e. The molecule has 0 aliphatic rings. The second kappa shape index (κ2) is 9.90. The van der Waals surface area contributed by atoms with E-state index in [-0.39, 0.29) is 6.61 Å². The number of carbonyl (C=O) groups is 1. The number of carboxylic acid groups (broad SMARTS) is 1. The highest BCUT2D eigenvalue weighted by molar-refractivity contribution is 7.99. The van der Waals surface area contributed by atoms with E-state index in [2.05, 4.69) is 23.2 Å². The van der Waals surface area contributed by atoms with Crippen LogP contribution < -0.4 is 4.74 Å². The van der Waals surface area contributed by atoms with Gasteiger partial charge in [-0.2, -0.15) is 0 Å². The number of hydrogen-bond donors (Lipinski definition) is 1. The van der Waals surface area contributed by atoms with Gasteiger partial charge in [0.1, 0.15) is 5.75 Å². The van der Waals surface area contributed by atoms with E-state index >= 15 is 0 Å². The molecule has 160 valence electrons. The van der Waals surface area contributed by atoms with E-state index in [0.717, 1.165) is 37.7 Å². The van der Waals surface area contributed by atoms with Crippen molar-refractivity contribution in [2.24, 2.45) is 0 Å². The monoisotopic (exact) mass is 461 g/mol. The second-order valence-corrected chi connectivity index (χ2v) is 8.76. The van der Waals surface area contributed by atoms with Crippen LogP contribution in [0.15, 0.2) is 94.9 Å². The van der Waals surface area contributed by atoms with Crippen molar-refractivity contribution in [1.82, 2.24) is 4.98 Å². The SMILES string of the molecule is Cc1cc(Sc2cc(-c3ccc(Cl)cc3)cc(-c3ccccn3)c2)ccc1OCC(=O)O. The number of aryl methyl sites for hydroxylation is 1. The summed E-state index contributed by atoms with van der Waals surface area (Å²) < 4.78 is 5.34. The molecule has 3 aromatic carbocycles. The van der Waals surface area contributed by atoms with Crippen molar-refractivity contribution in [3.63, 3.8) is 0 Å². The molecule has 1 N–H and O–H groups in total. The molecule has 32 heavy (non-hydrogen) atoms. The van der Waals surface area contributed by atoms with Crippen molar-refractivity contribution in [3.05, 3.63) is 95.6 Å². The first-order valence-corrected chi connectivity index (χ1v) is 11.1. The van der Waals surface area contributed by atoms with Crippen LogP contribution in [0.1, 0.15) is 5.56 Å². The predicted molar refractivity (Wildman–Crippen MR) is 129 cm³/mol. The fourth-order valence-corrected chi connectivity index (χ4v) is 4.41. The standard InChI is InChI=1S/C26H20ClNO3S/c1-17-12-22(9-10-25(17)31-16-26(29)30)32-23-14-19(18-5-7-21(27)8-6-18)13-20(15-23)24-4-2-3-11-28-24/h2-15H,16H2,1H3,(H,29,30). The van der Waals surface area contributed by atoms with Gasteiger partial charge in [0.05, 0.1) is 5.69 Å². The lowest BCUT2D eigenvalue weighted by Crippen LogP contribution is -2.09. The number of ether oxygens (including phenoxy) is 1. The molecule has 0 unspecified atom stereocenters. The van der Waals surface area contributed by atoms with Crippen molar-refractivity contribution in [2.75, 3.05) is 6.61 Å². The van der Waals surface area contributed by atoms with Gasteiger partial charge in [0.2, 0.25) is 0 Å². The van der Waals surface area contributed by atoms with Crippen molar-refractivity contribution in [3.8, 4) is 28.1 Å². The molecule has 0 amide bonds. The van der Waals surface area contributed by atoms with Gasteiger partial charge in [0.25, 0.3) is 0 Å². The maximum absolute atomic E-state index is 10.8. The van der Waals surface area contributed by atoms with Crippen LogP contribution in [0.4, 0.5) is 0 Å². The lowest BCUT2D eigenvalue weighted by atomic mass is 10.0. The molecule has 0 atom stereocenters. The van der Waals surface area contributed by atoms with E-state index in [4.69, 9.17) is 21.4 Å². The molecule has 0 aliphatic carbocycles. The van der Waals surface area contributed by atoms with Crippen molar-refractivity contribution >= 4 is 29.3 Å². The number of rotatable bonds is 7. The molecule has 0 saturated heterocycles. The van der Waals surface area contributed by atoms with E-state index in [1.807, 2.05) is 67.6 Å². The third-order valence-corrected chi connectivity index (χ3v) is 5.99. The molecule has 0 aliphatic heterocycles. The van der Waals surface area contributed by atoms with Crippen molar-refractivity contribution in [2.45, 2.75) is 16.7 Å². The van der Waals surface area contributed by atoms with E-state index in [0.29, 0.717) is 10.8 Å². The molecule has 0 saturated carbocycles. The van der Waals surface area contributed by atoms with Crippen LogP contribution in [0.25, 0.3) is 22.4 Å². The van der Waals surface area contributed by atoms with Crippen LogP contribution in [0, 0.1) is 6.92 Å². The molecule has 4 rings (SSSR count). The summed E-state index contributed by atoms with van der Waals surface area (Å²) in [4.78, 5) is 17.4. The maximum atomic E-state index is 10.8. The third kappa shape index (κ3) is 5.49. The van der Waals surface area contributed by atoms with E-state index in [1.165, 1.54) is 0 Å². The Morgan fingerprint density at radius 3 is 2.41 bits per heavy atom. The minimum Gasteiger partial charge on any atom is -0.482 e. The zero-order chi connectivity index (χ0) is 22.5. The summed E-state index contributed by atoms with van der Waals surface area (Å²) in [6.07, 6.45) is 1.79. The van der Waals surface area contributed by atoms with Gasteiger partial charge in [-0.15, -0.1) is 0 Å². The molecule has 6 heteroatoms. The molecular formula is C26H20ClNO3S. The van der Waals surface area contributed by atoms with E-state index in [1.54, 1.807) is 18.0 Å². The number of nitrogens with zero attached hydrogens (tertiary/aromatic N) is 1. The van der Waals surface area contributed by atoms with Gasteiger partial charge in [0.15, 0.2) is 6.61 Å². The van der Waals surface area contributed by atoms with Crippen LogP contribution in [-0.4, -0.2) is 22.7 Å². The van der Waals surface area contributed by atoms with Gasteiger partial charge in [0, 0.05) is 26.6 Å². The highest BCUT2D eigenvalue weighted by Crippen LogP contribution is 2.36. The number of pyridine rings is 1. The smallest absolute Gasteiger partial charge is 0.341 e. The fraction of sp³-hybridized carbons (Fsp3) is 0.0769. The Balaban J connectivity index is 1.68. The summed E-state index contributed by atoms with van der Waals surface area (Å²) in [6.45, 7) is 1.55. The summed E-state index contributed by atoms with van der Waals surface area (Å²) in [5, 5.41) is 9.53. The Bertz CT molecular complexity index is 1240. The first kappa shape index (κ1) is 21.9. The number of carboxylic acids is 1. The molecule has 4 nitrogen and oxygen atoms in total. The summed E-state index contributed by atoms with van der Waals surface area (Å²) in [7, 11) is 0. The topological polar surface area (TPSA) is 59.4 Å². The second-order valence-electron chi connectivity index (χ2n) is 7.18. The number of aromatic nitrogens is 1. The normalized spacial score (nSPS) is 10.7. The molecule has 0 spiro atoms. The van der Waals surface area contributed by atoms with Crippen LogP contribution in [0.3, 0.4) is 0 Å². The lowest BCUT2D eigenvalue weighted by Gasteiger charge is -2.12. The lowest BCUT2D eigenvalue weighted by molar-refractivity contribution is -0.139. The quantitative estimate of drug-likeness (QED) is 0.321. The summed E-state index contributed by atoms with van der Waals surface area (Å²) in [5.74, 6) is -0.426. The highest BCUT2D eigenvalue weighted by Gasteiger charge is 2.10. The number of halogens is 1. The molecule has 4 aromatic rings. The number of hydrogen-bond acceptors (Lipinski definition) is 4.